The van der Waals surface area contributed by atoms with Gasteiger partial charge in [-0.15, -0.1) is 0 Å². The lowest BCUT2D eigenvalue weighted by molar-refractivity contribution is 0.111. The van der Waals surface area contributed by atoms with Gasteiger partial charge in [-0.25, -0.2) is 4.98 Å². The van der Waals surface area contributed by atoms with Gasteiger partial charge in [-0.2, -0.15) is 0 Å². The van der Waals surface area contributed by atoms with Crippen LogP contribution in [0.25, 0.3) is 5.69 Å². The molecular weight excluding hydrogens is 250 g/mol. The second-order valence-electron chi connectivity index (χ2n) is 4.27. The number of carbonyl (C=O) groups is 1. The summed E-state index contributed by atoms with van der Waals surface area (Å²) in [5, 5.41) is 0.331. The lowest BCUT2D eigenvalue weighted by Crippen LogP contribution is -2.14. The fraction of sp³-hybridized carbons (Fsp3) is 0.231. The molecule has 94 valence electrons. The molecule has 0 bridgehead atoms. The Hall–Kier alpha value is -1.81. The fourth-order valence-electron chi connectivity index (χ4n) is 1.70. The maximum atomic E-state index is 10.9. The topological polar surface area (TPSA) is 38.1 Å². The van der Waals surface area contributed by atoms with Crippen molar-refractivity contribution in [2.45, 2.75) is 6.92 Å². The zero-order valence-corrected chi connectivity index (χ0v) is 11.3. The number of rotatable bonds is 3. The Kier molecular flexibility index (Phi) is 3.39. The maximum absolute atomic E-state index is 10.9. The Balaban J connectivity index is 2.64. The van der Waals surface area contributed by atoms with E-state index in [1.807, 2.05) is 50.2 Å². The van der Waals surface area contributed by atoms with Gasteiger partial charge in [0, 0.05) is 14.1 Å². The first-order valence-corrected chi connectivity index (χ1v) is 5.90. The lowest BCUT2D eigenvalue weighted by atomic mass is 10.2. The van der Waals surface area contributed by atoms with Gasteiger partial charge in [0.05, 0.1) is 5.69 Å². The Bertz CT molecular complexity index is 573. The van der Waals surface area contributed by atoms with Crippen molar-refractivity contribution in [2.75, 3.05) is 19.0 Å². The van der Waals surface area contributed by atoms with E-state index in [1.165, 1.54) is 0 Å². The van der Waals surface area contributed by atoms with E-state index in [0.29, 0.717) is 17.4 Å². The number of aldehydes is 1. The van der Waals surface area contributed by atoms with E-state index >= 15 is 0 Å². The second-order valence-corrected chi connectivity index (χ2v) is 4.63. The molecule has 5 heteroatoms. The van der Waals surface area contributed by atoms with E-state index in [9.17, 15) is 4.79 Å². The Morgan fingerprint density at radius 3 is 2.39 bits per heavy atom. The molecule has 18 heavy (non-hydrogen) atoms. The standard InChI is InChI=1S/C13H14ClN3O/c1-9-4-6-10(7-5-9)17-12(14)11(8-18)15-13(17)16(2)3/h4-8H,1-3H3. The average Bonchev–Trinajstić information content (AvgIpc) is 2.68. The minimum absolute atomic E-state index is 0.251. The summed E-state index contributed by atoms with van der Waals surface area (Å²) < 4.78 is 1.75. The monoisotopic (exact) mass is 263 g/mol. The van der Waals surface area contributed by atoms with Crippen LogP contribution in [0.3, 0.4) is 0 Å². The molecule has 0 atom stereocenters. The van der Waals surface area contributed by atoms with Gasteiger partial charge >= 0.3 is 0 Å². The first kappa shape index (κ1) is 12.6. The third-order valence-electron chi connectivity index (χ3n) is 2.63. The highest BCUT2D eigenvalue weighted by molar-refractivity contribution is 6.32. The molecule has 0 aliphatic carbocycles. The first-order valence-electron chi connectivity index (χ1n) is 5.52. The summed E-state index contributed by atoms with van der Waals surface area (Å²) in [6.45, 7) is 2.02. The average molecular weight is 264 g/mol. The minimum Gasteiger partial charge on any atom is -0.348 e. The van der Waals surface area contributed by atoms with Crippen molar-refractivity contribution < 1.29 is 4.79 Å². The molecule has 1 heterocycles. The van der Waals surface area contributed by atoms with Gasteiger partial charge in [0.2, 0.25) is 5.95 Å². The van der Waals surface area contributed by atoms with Crippen LogP contribution in [0.5, 0.6) is 0 Å². The largest absolute Gasteiger partial charge is 0.348 e. The molecule has 0 aliphatic heterocycles. The SMILES string of the molecule is Cc1ccc(-n2c(N(C)C)nc(C=O)c2Cl)cc1. The molecule has 0 N–H and O–H groups in total. The van der Waals surface area contributed by atoms with E-state index in [4.69, 9.17) is 11.6 Å². The van der Waals surface area contributed by atoms with Crippen LogP contribution in [0.4, 0.5) is 5.95 Å². The Morgan fingerprint density at radius 1 is 1.28 bits per heavy atom. The van der Waals surface area contributed by atoms with Gasteiger partial charge in [0.1, 0.15) is 10.8 Å². The second kappa shape index (κ2) is 4.82. The fourth-order valence-corrected chi connectivity index (χ4v) is 1.96. The van der Waals surface area contributed by atoms with Crippen molar-refractivity contribution in [3.05, 3.63) is 40.7 Å². The predicted octanol–water partition coefficient (Wildman–Crippen LogP) is 2.71. The highest BCUT2D eigenvalue weighted by atomic mass is 35.5. The van der Waals surface area contributed by atoms with Gasteiger partial charge in [0.15, 0.2) is 6.29 Å². The Morgan fingerprint density at radius 2 is 1.89 bits per heavy atom. The molecule has 0 amide bonds. The molecule has 0 fully saturated rings. The predicted molar refractivity (Wildman–Crippen MR) is 73.0 cm³/mol. The van der Waals surface area contributed by atoms with Crippen molar-refractivity contribution >= 4 is 23.8 Å². The summed E-state index contributed by atoms with van der Waals surface area (Å²) in [6.07, 6.45) is 0.667. The molecule has 0 unspecified atom stereocenters. The van der Waals surface area contributed by atoms with Crippen molar-refractivity contribution in [3.8, 4) is 5.69 Å². The van der Waals surface area contributed by atoms with E-state index in [-0.39, 0.29) is 5.69 Å². The van der Waals surface area contributed by atoms with E-state index in [2.05, 4.69) is 4.98 Å². The number of benzene rings is 1. The zero-order chi connectivity index (χ0) is 13.3. The smallest absolute Gasteiger partial charge is 0.211 e. The molecule has 4 nitrogen and oxygen atoms in total. The summed E-state index contributed by atoms with van der Waals surface area (Å²) in [7, 11) is 3.72. The van der Waals surface area contributed by atoms with Crippen LogP contribution in [0.1, 0.15) is 16.1 Å². The number of hydrogen-bond acceptors (Lipinski definition) is 3. The first-order chi connectivity index (χ1) is 8.54. The zero-order valence-electron chi connectivity index (χ0n) is 10.5. The van der Waals surface area contributed by atoms with Gasteiger partial charge in [-0.3, -0.25) is 9.36 Å². The summed E-state index contributed by atoms with van der Waals surface area (Å²) >= 11 is 6.19. The van der Waals surface area contributed by atoms with E-state index < -0.39 is 0 Å². The van der Waals surface area contributed by atoms with Crippen molar-refractivity contribution in [3.63, 3.8) is 0 Å². The third kappa shape index (κ3) is 2.11. The number of aryl methyl sites for hydroxylation is 1. The number of hydrogen-bond donors (Lipinski definition) is 0. The highest BCUT2D eigenvalue weighted by Crippen LogP contribution is 2.27. The molecule has 0 aliphatic rings. The quantitative estimate of drug-likeness (QED) is 0.799. The van der Waals surface area contributed by atoms with E-state index in [0.717, 1.165) is 11.3 Å². The molecule has 0 radical (unpaired) electrons. The number of carbonyl (C=O) groups excluding carboxylic acids is 1. The van der Waals surface area contributed by atoms with Gasteiger partial charge in [0.25, 0.3) is 0 Å². The minimum atomic E-state index is 0.251. The van der Waals surface area contributed by atoms with Gasteiger partial charge in [-0.1, -0.05) is 29.3 Å². The summed E-state index contributed by atoms with van der Waals surface area (Å²) in [4.78, 5) is 17.0. The van der Waals surface area contributed by atoms with Crippen LogP contribution in [0, 0.1) is 6.92 Å². The van der Waals surface area contributed by atoms with Crippen molar-refractivity contribution in [1.82, 2.24) is 9.55 Å². The molecule has 1 aromatic heterocycles. The molecular formula is C13H14ClN3O. The molecule has 0 spiro atoms. The maximum Gasteiger partial charge on any atom is 0.211 e. The number of anilines is 1. The van der Waals surface area contributed by atoms with Crippen LogP contribution in [-0.2, 0) is 0 Å². The summed E-state index contributed by atoms with van der Waals surface area (Å²) in [6, 6.07) is 7.88. The van der Waals surface area contributed by atoms with Gasteiger partial charge < -0.3 is 4.90 Å². The summed E-state index contributed by atoms with van der Waals surface area (Å²) in [5.41, 5.74) is 2.30. The van der Waals surface area contributed by atoms with Crippen LogP contribution in [0.15, 0.2) is 24.3 Å². The van der Waals surface area contributed by atoms with Crippen molar-refractivity contribution in [2.24, 2.45) is 0 Å². The van der Waals surface area contributed by atoms with Crippen LogP contribution >= 0.6 is 11.6 Å². The molecule has 0 saturated carbocycles. The molecule has 2 rings (SSSR count). The normalized spacial score (nSPS) is 10.4. The van der Waals surface area contributed by atoms with Gasteiger partial charge in [-0.05, 0) is 19.1 Å². The van der Waals surface area contributed by atoms with Crippen LogP contribution < -0.4 is 4.90 Å². The number of imidazole rings is 1. The lowest BCUT2D eigenvalue weighted by Gasteiger charge is -2.15. The number of nitrogens with zero attached hydrogens (tertiary/aromatic N) is 3. The van der Waals surface area contributed by atoms with Crippen LogP contribution in [-0.4, -0.2) is 29.9 Å². The molecule has 2 aromatic rings. The third-order valence-corrected chi connectivity index (χ3v) is 2.99. The number of aromatic nitrogens is 2. The summed E-state index contributed by atoms with van der Waals surface area (Å²) in [5.74, 6) is 0.631. The van der Waals surface area contributed by atoms with Crippen molar-refractivity contribution in [1.29, 1.82) is 0 Å². The molecule has 1 aromatic carbocycles. The molecule has 0 saturated heterocycles. The van der Waals surface area contributed by atoms with Crippen LogP contribution in [0.2, 0.25) is 5.15 Å². The van der Waals surface area contributed by atoms with E-state index in [1.54, 1.807) is 4.57 Å². The Labute approximate surface area is 111 Å². The highest BCUT2D eigenvalue weighted by Gasteiger charge is 2.17. The number of halogens is 1.